The zero-order chi connectivity index (χ0) is 12.3. The molecule has 0 bridgehead atoms. The van der Waals surface area contributed by atoms with E-state index in [0.29, 0.717) is 5.69 Å². The van der Waals surface area contributed by atoms with E-state index in [2.05, 4.69) is 5.16 Å². The lowest BCUT2D eigenvalue weighted by atomic mass is 10.2. The SMILES string of the molecule is Cc1ccc(/C(N)=N/O)c(=O)n1CC(F)F. The molecule has 0 amide bonds. The fraction of sp³-hybridized carbons (Fsp3) is 0.333. The molecule has 0 radical (unpaired) electrons. The fourth-order valence-electron chi connectivity index (χ4n) is 1.28. The summed E-state index contributed by atoms with van der Waals surface area (Å²) in [4.78, 5) is 11.7. The van der Waals surface area contributed by atoms with Crippen molar-refractivity contribution in [1.82, 2.24) is 4.57 Å². The largest absolute Gasteiger partial charge is 0.409 e. The quantitative estimate of drug-likeness (QED) is 0.344. The normalized spacial score (nSPS) is 12.1. The molecule has 0 saturated carbocycles. The second-order valence-corrected chi connectivity index (χ2v) is 3.18. The molecule has 0 spiro atoms. The average Bonchev–Trinajstić information content (AvgIpc) is 2.23. The zero-order valence-corrected chi connectivity index (χ0v) is 8.52. The van der Waals surface area contributed by atoms with E-state index in [1.165, 1.54) is 19.1 Å². The van der Waals surface area contributed by atoms with Crippen molar-refractivity contribution in [2.24, 2.45) is 10.9 Å². The van der Waals surface area contributed by atoms with Crippen molar-refractivity contribution in [3.63, 3.8) is 0 Å². The van der Waals surface area contributed by atoms with E-state index in [1.807, 2.05) is 0 Å². The molecule has 3 N–H and O–H groups in total. The first-order valence-electron chi connectivity index (χ1n) is 4.44. The van der Waals surface area contributed by atoms with Crippen LogP contribution in [0.15, 0.2) is 22.1 Å². The summed E-state index contributed by atoms with van der Waals surface area (Å²) in [5, 5.41) is 11.1. The summed E-state index contributed by atoms with van der Waals surface area (Å²) in [5.41, 5.74) is 4.83. The Morgan fingerprint density at radius 3 is 2.75 bits per heavy atom. The molecule has 1 heterocycles. The number of hydrogen-bond acceptors (Lipinski definition) is 3. The van der Waals surface area contributed by atoms with Crippen molar-refractivity contribution in [3.05, 3.63) is 33.7 Å². The van der Waals surface area contributed by atoms with Gasteiger partial charge in [-0.2, -0.15) is 0 Å². The standard InChI is InChI=1S/C9H11F2N3O2/c1-5-2-3-6(8(12)13-16)9(15)14(5)4-7(10)11/h2-3,7,16H,4H2,1H3,(H2,12,13). The monoisotopic (exact) mass is 231 g/mol. The Balaban J connectivity index is 3.33. The Bertz CT molecular complexity index is 468. The minimum absolute atomic E-state index is 0.103. The molecule has 0 unspecified atom stereocenters. The number of nitrogens with zero attached hydrogens (tertiary/aromatic N) is 2. The molecule has 5 nitrogen and oxygen atoms in total. The molecule has 0 atom stereocenters. The number of nitrogens with two attached hydrogens (primary N) is 1. The number of pyridine rings is 1. The van der Waals surface area contributed by atoms with Crippen LogP contribution < -0.4 is 11.3 Å². The molecule has 1 aromatic heterocycles. The van der Waals surface area contributed by atoms with Crippen molar-refractivity contribution < 1.29 is 14.0 Å². The van der Waals surface area contributed by atoms with Crippen molar-refractivity contribution in [3.8, 4) is 0 Å². The number of halogens is 2. The maximum atomic E-state index is 12.2. The molecule has 7 heteroatoms. The average molecular weight is 231 g/mol. The van der Waals surface area contributed by atoms with Crippen LogP contribution in [-0.4, -0.2) is 22.0 Å². The number of hydrogen-bond donors (Lipinski definition) is 2. The molecule has 0 aromatic carbocycles. The third kappa shape index (κ3) is 2.36. The van der Waals surface area contributed by atoms with Crippen LogP contribution in [0.25, 0.3) is 0 Å². The van der Waals surface area contributed by atoms with Crippen molar-refractivity contribution in [1.29, 1.82) is 0 Å². The van der Waals surface area contributed by atoms with E-state index in [1.54, 1.807) is 0 Å². The van der Waals surface area contributed by atoms with E-state index < -0.39 is 24.4 Å². The number of oxime groups is 1. The van der Waals surface area contributed by atoms with Crippen LogP contribution in [0.2, 0.25) is 0 Å². The first-order valence-corrected chi connectivity index (χ1v) is 4.44. The topological polar surface area (TPSA) is 80.6 Å². The molecule has 0 saturated heterocycles. The van der Waals surface area contributed by atoms with Gasteiger partial charge in [0.2, 0.25) is 0 Å². The number of rotatable bonds is 3. The summed E-state index contributed by atoms with van der Waals surface area (Å²) in [6.07, 6.45) is -2.64. The molecule has 0 aliphatic heterocycles. The van der Waals surface area contributed by atoms with Gasteiger partial charge in [-0.1, -0.05) is 5.16 Å². The summed E-state index contributed by atoms with van der Waals surface area (Å²) < 4.78 is 25.3. The van der Waals surface area contributed by atoms with Crippen LogP contribution in [0.5, 0.6) is 0 Å². The summed E-state index contributed by atoms with van der Waals surface area (Å²) in [6, 6.07) is 2.78. The van der Waals surface area contributed by atoms with Crippen LogP contribution in [0.1, 0.15) is 11.3 Å². The second kappa shape index (κ2) is 4.73. The Labute approximate surface area is 89.8 Å². The number of aromatic nitrogens is 1. The number of aryl methyl sites for hydroxylation is 1. The number of amidine groups is 1. The van der Waals surface area contributed by atoms with Crippen LogP contribution in [0.4, 0.5) is 8.78 Å². The molecule has 1 rings (SSSR count). The van der Waals surface area contributed by atoms with Crippen molar-refractivity contribution in [2.45, 2.75) is 19.9 Å². The number of alkyl halides is 2. The van der Waals surface area contributed by atoms with Gasteiger partial charge < -0.3 is 15.5 Å². The van der Waals surface area contributed by atoms with Gasteiger partial charge in [-0.15, -0.1) is 0 Å². The van der Waals surface area contributed by atoms with Gasteiger partial charge in [0.25, 0.3) is 12.0 Å². The summed E-state index contributed by atoms with van der Waals surface area (Å²) in [6.45, 7) is 0.817. The van der Waals surface area contributed by atoms with Gasteiger partial charge in [0.05, 0.1) is 12.1 Å². The highest BCUT2D eigenvalue weighted by Gasteiger charge is 2.13. The van der Waals surface area contributed by atoms with E-state index in [4.69, 9.17) is 10.9 Å². The Morgan fingerprint density at radius 1 is 1.62 bits per heavy atom. The molecule has 16 heavy (non-hydrogen) atoms. The van der Waals surface area contributed by atoms with Gasteiger partial charge in [0.15, 0.2) is 5.84 Å². The van der Waals surface area contributed by atoms with Crippen LogP contribution in [-0.2, 0) is 6.54 Å². The van der Waals surface area contributed by atoms with E-state index in [-0.39, 0.29) is 5.56 Å². The van der Waals surface area contributed by atoms with E-state index in [0.717, 1.165) is 4.57 Å². The van der Waals surface area contributed by atoms with Gasteiger partial charge in [-0.25, -0.2) is 8.78 Å². The van der Waals surface area contributed by atoms with E-state index in [9.17, 15) is 13.6 Å². The van der Waals surface area contributed by atoms with Gasteiger partial charge >= 0.3 is 0 Å². The van der Waals surface area contributed by atoms with Crippen LogP contribution >= 0.6 is 0 Å². The minimum Gasteiger partial charge on any atom is -0.409 e. The lowest BCUT2D eigenvalue weighted by Crippen LogP contribution is -2.32. The fourth-order valence-corrected chi connectivity index (χ4v) is 1.28. The van der Waals surface area contributed by atoms with Crippen LogP contribution in [0, 0.1) is 6.92 Å². The maximum absolute atomic E-state index is 12.2. The highest BCUT2D eigenvalue weighted by atomic mass is 19.3. The molecule has 1 aromatic rings. The molecule has 0 fully saturated rings. The predicted octanol–water partition coefficient (Wildman–Crippen LogP) is 0.516. The van der Waals surface area contributed by atoms with E-state index >= 15 is 0 Å². The predicted molar refractivity (Wildman–Crippen MR) is 54.0 cm³/mol. The summed E-state index contributed by atoms with van der Waals surface area (Å²) >= 11 is 0. The molecular weight excluding hydrogens is 220 g/mol. The highest BCUT2D eigenvalue weighted by Crippen LogP contribution is 2.02. The first-order chi connectivity index (χ1) is 7.47. The highest BCUT2D eigenvalue weighted by molar-refractivity contribution is 5.96. The minimum atomic E-state index is -2.64. The third-order valence-corrected chi connectivity index (χ3v) is 2.10. The summed E-state index contributed by atoms with van der Waals surface area (Å²) in [5.74, 6) is -0.395. The zero-order valence-electron chi connectivity index (χ0n) is 8.52. The Morgan fingerprint density at radius 2 is 2.25 bits per heavy atom. The molecular formula is C9H11F2N3O2. The maximum Gasteiger partial charge on any atom is 0.262 e. The van der Waals surface area contributed by atoms with Gasteiger partial charge in [-0.3, -0.25) is 4.79 Å². The lowest BCUT2D eigenvalue weighted by molar-refractivity contribution is 0.124. The first kappa shape index (κ1) is 12.2. The molecule has 0 aliphatic rings. The van der Waals surface area contributed by atoms with Crippen molar-refractivity contribution in [2.75, 3.05) is 0 Å². The Hall–Kier alpha value is -1.92. The smallest absolute Gasteiger partial charge is 0.262 e. The molecule has 0 aliphatic carbocycles. The second-order valence-electron chi connectivity index (χ2n) is 3.18. The van der Waals surface area contributed by atoms with Crippen molar-refractivity contribution >= 4 is 5.84 Å². The third-order valence-electron chi connectivity index (χ3n) is 2.10. The Kier molecular flexibility index (Phi) is 3.60. The van der Waals surface area contributed by atoms with Gasteiger partial charge in [-0.05, 0) is 19.1 Å². The lowest BCUT2D eigenvalue weighted by Gasteiger charge is -2.10. The van der Waals surface area contributed by atoms with Crippen LogP contribution in [0.3, 0.4) is 0 Å². The summed E-state index contributed by atoms with van der Waals surface area (Å²) in [7, 11) is 0. The van der Waals surface area contributed by atoms with Gasteiger partial charge in [0, 0.05) is 5.69 Å². The van der Waals surface area contributed by atoms with Gasteiger partial charge in [0.1, 0.15) is 0 Å². The molecule has 88 valence electrons.